The molecular weight excluding hydrogens is 444 g/mol. The fourth-order valence-corrected chi connectivity index (χ4v) is 5.49. The van der Waals surface area contributed by atoms with Gasteiger partial charge in [-0.25, -0.2) is 4.79 Å². The van der Waals surface area contributed by atoms with Crippen LogP contribution in [0.25, 0.3) is 11.0 Å². The van der Waals surface area contributed by atoms with Crippen molar-refractivity contribution >= 4 is 22.7 Å². The van der Waals surface area contributed by atoms with Gasteiger partial charge in [0, 0.05) is 17.2 Å². The fraction of sp³-hybridized carbons (Fsp3) is 0.370. The summed E-state index contributed by atoms with van der Waals surface area (Å²) in [4.78, 5) is 14.7. The molecule has 0 N–H and O–H groups in total. The SMILES string of the molecule is CCc1ccc2c(CSc3nnc(CN4CCCCC4)n3Cc3ccccc3)cc(=O)oc2c1. The summed E-state index contributed by atoms with van der Waals surface area (Å²) in [6.07, 6.45) is 4.71. The van der Waals surface area contributed by atoms with Gasteiger partial charge >= 0.3 is 5.63 Å². The minimum Gasteiger partial charge on any atom is -0.423 e. The number of hydrogen-bond donors (Lipinski definition) is 0. The first-order chi connectivity index (χ1) is 16.7. The van der Waals surface area contributed by atoms with E-state index >= 15 is 0 Å². The minimum absolute atomic E-state index is 0.312. The molecule has 2 aromatic carbocycles. The Morgan fingerprint density at radius 1 is 0.941 bits per heavy atom. The van der Waals surface area contributed by atoms with Gasteiger partial charge in [0.05, 0.1) is 13.1 Å². The van der Waals surface area contributed by atoms with Crippen LogP contribution >= 0.6 is 11.8 Å². The van der Waals surface area contributed by atoms with Gasteiger partial charge in [0.25, 0.3) is 0 Å². The summed E-state index contributed by atoms with van der Waals surface area (Å²) in [5, 5.41) is 11.0. The summed E-state index contributed by atoms with van der Waals surface area (Å²) >= 11 is 1.63. The normalized spacial score (nSPS) is 14.6. The first-order valence-corrected chi connectivity index (χ1v) is 13.0. The van der Waals surface area contributed by atoms with Gasteiger partial charge in [-0.3, -0.25) is 4.90 Å². The first kappa shape index (κ1) is 22.9. The van der Waals surface area contributed by atoms with Crippen LogP contribution < -0.4 is 5.63 Å². The second-order valence-electron chi connectivity index (χ2n) is 8.87. The van der Waals surface area contributed by atoms with E-state index in [4.69, 9.17) is 4.42 Å². The van der Waals surface area contributed by atoms with Crippen LogP contribution in [0.1, 0.15) is 48.7 Å². The first-order valence-electron chi connectivity index (χ1n) is 12.1. The molecule has 0 atom stereocenters. The van der Waals surface area contributed by atoms with E-state index in [0.29, 0.717) is 11.3 Å². The molecule has 2 aromatic heterocycles. The van der Waals surface area contributed by atoms with E-state index in [2.05, 4.69) is 63.0 Å². The molecular formula is C27H30N4O2S. The quantitative estimate of drug-likeness (QED) is 0.256. The largest absolute Gasteiger partial charge is 0.423 e. The lowest BCUT2D eigenvalue weighted by Crippen LogP contribution is -2.30. The summed E-state index contributed by atoms with van der Waals surface area (Å²) < 4.78 is 7.72. The maximum absolute atomic E-state index is 12.2. The molecule has 1 fully saturated rings. The number of likely N-dealkylation sites (tertiary alicyclic amines) is 1. The molecule has 6 nitrogen and oxygen atoms in total. The molecule has 1 aliphatic rings. The Morgan fingerprint density at radius 3 is 2.56 bits per heavy atom. The average Bonchev–Trinajstić information content (AvgIpc) is 3.24. The lowest BCUT2D eigenvalue weighted by atomic mass is 10.1. The smallest absolute Gasteiger partial charge is 0.336 e. The van der Waals surface area contributed by atoms with Crippen molar-refractivity contribution in [2.45, 2.75) is 56.6 Å². The van der Waals surface area contributed by atoms with Crippen LogP contribution in [0, 0.1) is 0 Å². The Kier molecular flexibility index (Phi) is 7.11. The lowest BCUT2D eigenvalue weighted by Gasteiger charge is -2.26. The van der Waals surface area contributed by atoms with E-state index in [9.17, 15) is 4.79 Å². The molecule has 4 aromatic rings. The van der Waals surface area contributed by atoms with Gasteiger partial charge in [-0.1, -0.05) is 67.6 Å². The summed E-state index contributed by atoms with van der Waals surface area (Å²) in [5.41, 5.74) is 3.69. The van der Waals surface area contributed by atoms with Gasteiger partial charge in [-0.05, 0) is 55.1 Å². The van der Waals surface area contributed by atoms with E-state index in [-0.39, 0.29) is 5.63 Å². The van der Waals surface area contributed by atoms with Crippen LogP contribution in [0.15, 0.2) is 69.0 Å². The van der Waals surface area contributed by atoms with Gasteiger partial charge in [0.2, 0.25) is 0 Å². The number of aromatic nitrogens is 3. The number of rotatable bonds is 8. The molecule has 3 heterocycles. The molecule has 0 radical (unpaired) electrons. The topological polar surface area (TPSA) is 64.2 Å². The number of benzene rings is 2. The van der Waals surface area contributed by atoms with Crippen LogP contribution in [0.5, 0.6) is 0 Å². The molecule has 0 saturated carbocycles. The molecule has 0 amide bonds. The number of thioether (sulfide) groups is 1. The monoisotopic (exact) mass is 474 g/mol. The number of piperidine rings is 1. The zero-order valence-electron chi connectivity index (χ0n) is 19.6. The van der Waals surface area contributed by atoms with Crippen molar-refractivity contribution in [1.82, 2.24) is 19.7 Å². The highest BCUT2D eigenvalue weighted by Crippen LogP contribution is 2.28. The second kappa shape index (κ2) is 10.6. The second-order valence-corrected chi connectivity index (χ2v) is 9.81. The summed E-state index contributed by atoms with van der Waals surface area (Å²) in [6.45, 7) is 5.88. The number of hydrogen-bond acceptors (Lipinski definition) is 6. The van der Waals surface area contributed by atoms with Crippen molar-refractivity contribution in [2.75, 3.05) is 13.1 Å². The Bertz CT molecular complexity index is 1310. The minimum atomic E-state index is -0.312. The van der Waals surface area contributed by atoms with Crippen molar-refractivity contribution in [2.24, 2.45) is 0 Å². The predicted octanol–water partition coefficient (Wildman–Crippen LogP) is 5.27. The highest BCUT2D eigenvalue weighted by Gasteiger charge is 2.18. The Hall–Kier alpha value is -2.90. The third kappa shape index (κ3) is 5.26. The van der Waals surface area contributed by atoms with Crippen LogP contribution in [0.3, 0.4) is 0 Å². The molecule has 0 spiro atoms. The number of nitrogens with zero attached hydrogens (tertiary/aromatic N) is 4. The van der Waals surface area contributed by atoms with E-state index < -0.39 is 0 Å². The molecule has 0 bridgehead atoms. The van der Waals surface area contributed by atoms with Crippen molar-refractivity contribution < 1.29 is 4.42 Å². The zero-order chi connectivity index (χ0) is 23.3. The van der Waals surface area contributed by atoms with Crippen molar-refractivity contribution in [3.63, 3.8) is 0 Å². The third-order valence-electron chi connectivity index (χ3n) is 6.45. The van der Waals surface area contributed by atoms with Gasteiger partial charge in [0.15, 0.2) is 5.16 Å². The predicted molar refractivity (Wildman–Crippen MR) is 136 cm³/mol. The molecule has 5 rings (SSSR count). The van der Waals surface area contributed by atoms with Gasteiger partial charge in [-0.2, -0.15) is 0 Å². The standard InChI is InChI=1S/C27H30N4O2S/c1-2-20-11-12-23-22(16-26(32)33-24(23)15-20)19-34-27-29-28-25(18-30-13-7-4-8-14-30)31(27)17-21-9-5-3-6-10-21/h3,5-6,9-12,15-16H,2,4,7-8,13-14,17-19H2,1H3. The van der Waals surface area contributed by atoms with Gasteiger partial charge in [0.1, 0.15) is 11.4 Å². The molecule has 0 unspecified atom stereocenters. The van der Waals surface area contributed by atoms with Crippen LogP contribution in [0.4, 0.5) is 0 Å². The molecule has 1 aliphatic heterocycles. The summed E-state index contributed by atoms with van der Waals surface area (Å²) in [7, 11) is 0. The molecule has 0 aliphatic carbocycles. The Labute approximate surface area is 204 Å². The average molecular weight is 475 g/mol. The Morgan fingerprint density at radius 2 is 1.76 bits per heavy atom. The lowest BCUT2D eigenvalue weighted by molar-refractivity contribution is 0.213. The zero-order valence-corrected chi connectivity index (χ0v) is 20.4. The molecule has 7 heteroatoms. The number of aryl methyl sites for hydroxylation is 1. The van der Waals surface area contributed by atoms with Crippen LogP contribution in [0.2, 0.25) is 0 Å². The maximum Gasteiger partial charge on any atom is 0.336 e. The fourth-order valence-electron chi connectivity index (χ4n) is 4.54. The highest BCUT2D eigenvalue weighted by atomic mass is 32.2. The highest BCUT2D eigenvalue weighted by molar-refractivity contribution is 7.98. The summed E-state index contributed by atoms with van der Waals surface area (Å²) in [6, 6.07) is 18.2. The Balaban J connectivity index is 1.42. The van der Waals surface area contributed by atoms with Crippen LogP contribution in [-0.2, 0) is 25.3 Å². The molecule has 176 valence electrons. The van der Waals surface area contributed by atoms with E-state index in [1.165, 1.54) is 24.8 Å². The maximum atomic E-state index is 12.2. The van der Waals surface area contributed by atoms with E-state index in [1.807, 2.05) is 12.1 Å². The van der Waals surface area contributed by atoms with E-state index in [0.717, 1.165) is 60.1 Å². The molecule has 34 heavy (non-hydrogen) atoms. The van der Waals surface area contributed by atoms with Crippen molar-refractivity contribution in [3.05, 3.63) is 87.5 Å². The van der Waals surface area contributed by atoms with Gasteiger partial charge in [-0.15, -0.1) is 10.2 Å². The third-order valence-corrected chi connectivity index (χ3v) is 7.47. The van der Waals surface area contributed by atoms with Crippen LogP contribution in [-0.4, -0.2) is 32.8 Å². The molecule has 1 saturated heterocycles. The van der Waals surface area contributed by atoms with Gasteiger partial charge < -0.3 is 8.98 Å². The van der Waals surface area contributed by atoms with Crippen molar-refractivity contribution in [1.29, 1.82) is 0 Å². The van der Waals surface area contributed by atoms with E-state index in [1.54, 1.807) is 17.8 Å². The summed E-state index contributed by atoms with van der Waals surface area (Å²) in [5.74, 6) is 1.63. The number of fused-ring (bicyclic) bond motifs is 1. The van der Waals surface area contributed by atoms with Crippen molar-refractivity contribution in [3.8, 4) is 0 Å².